The maximum atomic E-state index is 13.4. The van der Waals surface area contributed by atoms with Crippen LogP contribution in [0.15, 0.2) is 97.3 Å². The number of methoxy groups -OCH3 is 3. The fourth-order valence-electron chi connectivity index (χ4n) is 8.15. The molecule has 2 bridgehead atoms. The molecule has 3 fully saturated rings. The van der Waals surface area contributed by atoms with Gasteiger partial charge in [0, 0.05) is 33.9 Å². The Kier molecular flexibility index (Phi) is 13.0. The number of aromatic carboxylic acids is 1. The van der Waals surface area contributed by atoms with Crippen LogP contribution in [0.4, 0.5) is 4.79 Å². The van der Waals surface area contributed by atoms with E-state index < -0.39 is 24.0 Å². The fourth-order valence-corrected chi connectivity index (χ4v) is 8.75. The Bertz CT molecular complexity index is 2280. The number of carboxylic acids is 1. The zero-order valence-corrected chi connectivity index (χ0v) is 34.4. The number of hydrogen-bond acceptors (Lipinski definition) is 10. The van der Waals surface area contributed by atoms with Gasteiger partial charge in [0.1, 0.15) is 34.3 Å². The molecular formula is C45H45Cl2N3O9. The van der Waals surface area contributed by atoms with E-state index >= 15 is 0 Å². The van der Waals surface area contributed by atoms with Gasteiger partial charge in [0.15, 0.2) is 11.5 Å². The van der Waals surface area contributed by atoms with Gasteiger partial charge < -0.3 is 38.9 Å². The van der Waals surface area contributed by atoms with Crippen molar-refractivity contribution in [2.75, 3.05) is 41.0 Å². The average Bonchev–Trinajstić information content (AvgIpc) is 3.25. The Balaban J connectivity index is 1.18. The molecule has 3 atom stereocenters. The summed E-state index contributed by atoms with van der Waals surface area (Å²) in [7, 11) is 4.48. The first-order valence-corrected chi connectivity index (χ1v) is 20.0. The Morgan fingerprint density at radius 2 is 1.54 bits per heavy atom. The van der Waals surface area contributed by atoms with E-state index in [1.54, 1.807) is 30.3 Å². The highest BCUT2D eigenvalue weighted by Crippen LogP contribution is 2.43. The van der Waals surface area contributed by atoms with Crippen LogP contribution in [0.2, 0.25) is 10.0 Å². The second kappa shape index (κ2) is 18.5. The van der Waals surface area contributed by atoms with Crippen molar-refractivity contribution in [3.63, 3.8) is 0 Å². The summed E-state index contributed by atoms with van der Waals surface area (Å²) in [6, 6.07) is 25.0. The Morgan fingerprint density at radius 1 is 0.847 bits per heavy atom. The minimum Gasteiger partial charge on any atom is -0.545 e. The minimum absolute atomic E-state index is 0.0285. The maximum Gasteiger partial charge on any atom is 0.408 e. The van der Waals surface area contributed by atoms with Gasteiger partial charge in [0.05, 0.1) is 33.3 Å². The molecule has 0 aliphatic carbocycles. The number of alkyl carbamates (subject to hydrolysis) is 1. The van der Waals surface area contributed by atoms with Crippen LogP contribution in [0.3, 0.4) is 0 Å². The van der Waals surface area contributed by atoms with Gasteiger partial charge in [0.25, 0.3) is 0 Å². The molecule has 1 amide bonds. The van der Waals surface area contributed by atoms with Crippen molar-refractivity contribution in [3.05, 3.63) is 146 Å². The van der Waals surface area contributed by atoms with Gasteiger partial charge in [-0.2, -0.15) is 0 Å². The van der Waals surface area contributed by atoms with E-state index in [4.69, 9.17) is 46.9 Å². The van der Waals surface area contributed by atoms with Crippen molar-refractivity contribution in [2.45, 2.75) is 43.9 Å². The Hall–Kier alpha value is -5.69. The summed E-state index contributed by atoms with van der Waals surface area (Å²) >= 11 is 13.2. The summed E-state index contributed by atoms with van der Waals surface area (Å²) < 4.78 is 30.0. The van der Waals surface area contributed by atoms with Crippen molar-refractivity contribution >= 4 is 35.3 Å². The summed E-state index contributed by atoms with van der Waals surface area (Å²) in [6.45, 7) is 2.81. The number of nitrogens with one attached hydrogen (secondary N) is 1. The normalized spacial score (nSPS) is 18.0. The summed E-state index contributed by atoms with van der Waals surface area (Å²) in [5, 5.41) is 26.5. The summed E-state index contributed by atoms with van der Waals surface area (Å²) in [4.78, 5) is 28.7. The molecule has 0 spiro atoms. The van der Waals surface area contributed by atoms with Crippen LogP contribution in [-0.2, 0) is 17.8 Å². The van der Waals surface area contributed by atoms with Crippen LogP contribution in [-0.4, -0.2) is 69.2 Å². The number of fused-ring (bicyclic) bond motifs is 3. The van der Waals surface area contributed by atoms with Crippen LogP contribution in [0.5, 0.6) is 23.0 Å². The molecule has 308 valence electrons. The van der Waals surface area contributed by atoms with Crippen molar-refractivity contribution in [1.82, 2.24) is 10.2 Å². The van der Waals surface area contributed by atoms with Gasteiger partial charge in [-0.15, -0.1) is 0 Å². The summed E-state index contributed by atoms with van der Waals surface area (Å²) in [5.41, 5.74) is 3.42. The number of rotatable bonds is 15. The quantitative estimate of drug-likeness (QED) is 0.0857. The number of halogens is 2. The molecule has 14 heteroatoms. The number of pyridine rings is 1. The molecule has 59 heavy (non-hydrogen) atoms. The molecule has 0 unspecified atom stereocenters. The molecule has 3 saturated heterocycles. The first-order chi connectivity index (χ1) is 28.5. The van der Waals surface area contributed by atoms with Gasteiger partial charge in [-0.05, 0) is 96.9 Å². The Morgan fingerprint density at radius 3 is 2.19 bits per heavy atom. The maximum absolute atomic E-state index is 13.4. The molecule has 4 aromatic carbocycles. The second-order valence-electron chi connectivity index (χ2n) is 14.7. The van der Waals surface area contributed by atoms with Gasteiger partial charge in [0.2, 0.25) is 12.4 Å². The molecule has 3 aliphatic heterocycles. The van der Waals surface area contributed by atoms with E-state index in [9.17, 15) is 19.9 Å². The monoisotopic (exact) mass is 841 g/mol. The average molecular weight is 843 g/mol. The zero-order chi connectivity index (χ0) is 41.6. The molecule has 3 aliphatic rings. The number of carboxylic acid groups (broad SMARTS) is 1. The minimum atomic E-state index is -1.44. The van der Waals surface area contributed by atoms with Crippen LogP contribution < -0.4 is 34.1 Å². The third-order valence-electron chi connectivity index (χ3n) is 11.1. The van der Waals surface area contributed by atoms with Crippen molar-refractivity contribution < 1.29 is 48.3 Å². The first kappa shape index (κ1) is 41.5. The van der Waals surface area contributed by atoms with Gasteiger partial charge >= 0.3 is 6.09 Å². The molecule has 0 saturated carbocycles. The molecule has 2 N–H and O–H groups in total. The van der Waals surface area contributed by atoms with E-state index in [1.807, 2.05) is 48.5 Å². The third-order valence-corrected chi connectivity index (χ3v) is 11.8. The number of nitrogens with zero attached hydrogens (tertiary/aromatic N) is 2. The molecule has 8 rings (SSSR count). The standard InChI is InChI=1S/C45H45Cl2N3O9/c1-55-38-13-12-30(21-39(38)56-2)33(22-34-36(46)23-50(54)24-37(34)47)42-35(44(51)52)18-27(19-40(42)57-3)26-58-32-11-7-10-31(20-32)43(29-8-5-4-6-9-29)48-45(53)59-41-25-49-16-14-28(41)15-17-49/h4-13,18-21,23-24,28,33,41,43H,14-17,22,25-26H2,1-3H3,(H2-,48,51,52,53,54)/t33-,41-,43-/m0/s1. The van der Waals surface area contributed by atoms with Crippen LogP contribution in [0.1, 0.15) is 68.5 Å². The Labute approximate surface area is 352 Å². The topological polar surface area (TPSA) is 143 Å². The summed E-state index contributed by atoms with van der Waals surface area (Å²) in [5.74, 6) is -0.130. The highest BCUT2D eigenvalue weighted by molar-refractivity contribution is 6.35. The SMILES string of the molecule is COc1ccc([C@H](Cc2c(Cl)c[n+](O)cc2Cl)c2c(OC)cc(COc3cccc([C@@H](NC(=O)O[C@H]4CN5CCC4CC5)c4ccccc4)c3)cc2C(=O)[O-])cc1OC. The van der Waals surface area contributed by atoms with Crippen molar-refractivity contribution in [1.29, 1.82) is 0 Å². The largest absolute Gasteiger partial charge is 0.545 e. The van der Waals surface area contributed by atoms with Gasteiger partial charge in [-0.1, -0.05) is 71.7 Å². The van der Waals surface area contributed by atoms with E-state index in [2.05, 4.69) is 10.2 Å². The number of piperidine rings is 3. The molecule has 0 radical (unpaired) electrons. The number of carbonyl (C=O) groups is 2. The predicted molar refractivity (Wildman–Crippen MR) is 218 cm³/mol. The lowest BCUT2D eigenvalue weighted by Gasteiger charge is -2.43. The zero-order valence-electron chi connectivity index (χ0n) is 32.9. The molecule has 4 heterocycles. The lowest BCUT2D eigenvalue weighted by molar-refractivity contribution is -0.904. The van der Waals surface area contributed by atoms with Crippen LogP contribution in [0.25, 0.3) is 0 Å². The molecular weight excluding hydrogens is 797 g/mol. The highest BCUT2D eigenvalue weighted by Gasteiger charge is 2.37. The molecule has 5 aromatic rings. The number of hydrogen-bond donors (Lipinski definition) is 2. The van der Waals surface area contributed by atoms with E-state index in [0.29, 0.717) is 45.4 Å². The lowest BCUT2D eigenvalue weighted by atomic mass is 9.82. The number of aromatic nitrogens is 1. The van der Waals surface area contributed by atoms with Crippen molar-refractivity contribution in [3.8, 4) is 23.0 Å². The smallest absolute Gasteiger partial charge is 0.408 e. The molecule has 1 aromatic heterocycles. The summed E-state index contributed by atoms with van der Waals surface area (Å²) in [6.07, 6.45) is 4.13. The highest BCUT2D eigenvalue weighted by atomic mass is 35.5. The van der Waals surface area contributed by atoms with Gasteiger partial charge in [-0.25, -0.2) is 4.79 Å². The number of benzene rings is 4. The lowest BCUT2D eigenvalue weighted by Crippen LogP contribution is -2.52. The first-order valence-electron chi connectivity index (χ1n) is 19.2. The number of carbonyl (C=O) groups excluding carboxylic acids is 2. The van der Waals surface area contributed by atoms with E-state index in [-0.39, 0.29) is 40.5 Å². The van der Waals surface area contributed by atoms with Crippen LogP contribution in [0, 0.1) is 5.92 Å². The number of ether oxygens (including phenoxy) is 5. The second-order valence-corrected chi connectivity index (χ2v) is 15.5. The number of amides is 1. The van der Waals surface area contributed by atoms with Gasteiger partial charge in [-0.3, -0.25) is 10.1 Å². The van der Waals surface area contributed by atoms with E-state index in [1.165, 1.54) is 39.8 Å². The predicted octanol–water partition coefficient (Wildman–Crippen LogP) is 6.77. The third kappa shape index (κ3) is 9.46. The van der Waals surface area contributed by atoms with E-state index in [0.717, 1.165) is 48.3 Å². The van der Waals surface area contributed by atoms with Crippen molar-refractivity contribution in [2.24, 2.45) is 5.92 Å². The van der Waals surface area contributed by atoms with Crippen LogP contribution >= 0.6 is 23.2 Å². The fraction of sp³-hybridized carbons (Fsp3) is 0.311. The molecule has 12 nitrogen and oxygen atoms in total.